The van der Waals surface area contributed by atoms with Crippen LogP contribution in [0.4, 0.5) is 0 Å². The molecule has 0 heterocycles. The van der Waals surface area contributed by atoms with Crippen LogP contribution in [-0.4, -0.2) is 30.7 Å². The maximum absolute atomic E-state index is 11.5. The van der Waals surface area contributed by atoms with E-state index in [0.29, 0.717) is 6.10 Å². The Balaban J connectivity index is 1.87. The Bertz CT molecular complexity index is 308. The van der Waals surface area contributed by atoms with E-state index in [1.807, 2.05) is 7.05 Å². The van der Waals surface area contributed by atoms with Gasteiger partial charge in [-0.1, -0.05) is 19.8 Å². The first-order valence-corrected chi connectivity index (χ1v) is 7.20. The number of carbonyl (C=O) groups is 1. The number of ether oxygens (including phenoxy) is 1. The number of nitrogens with one attached hydrogen (secondary N) is 1. The number of carbonyl (C=O) groups excluding carboxylic acids is 1. The van der Waals surface area contributed by atoms with Crippen molar-refractivity contribution in [1.29, 1.82) is 0 Å². The topological polar surface area (TPSA) is 64.3 Å². The number of hydrogen-bond donors (Lipinski definition) is 2. The zero-order valence-electron chi connectivity index (χ0n) is 11.6. The second kappa shape index (κ2) is 5.57. The van der Waals surface area contributed by atoms with Crippen molar-refractivity contribution in [2.24, 2.45) is 11.7 Å². The van der Waals surface area contributed by atoms with Gasteiger partial charge < -0.3 is 15.8 Å². The fourth-order valence-corrected chi connectivity index (χ4v) is 3.46. The molecule has 3 N–H and O–H groups in total. The van der Waals surface area contributed by atoms with Crippen LogP contribution >= 0.6 is 0 Å². The third-order valence-electron chi connectivity index (χ3n) is 4.69. The molecule has 0 saturated heterocycles. The number of likely N-dealkylation sites (N-methyl/N-ethyl adjacent to an activating group) is 1. The quantitative estimate of drug-likeness (QED) is 0.800. The van der Waals surface area contributed by atoms with Gasteiger partial charge in [0.1, 0.15) is 0 Å². The van der Waals surface area contributed by atoms with Crippen LogP contribution in [0.3, 0.4) is 0 Å². The molecule has 2 rings (SSSR count). The zero-order chi connectivity index (χ0) is 13.2. The Morgan fingerprint density at radius 2 is 2.11 bits per heavy atom. The van der Waals surface area contributed by atoms with Crippen LogP contribution < -0.4 is 11.1 Å². The molecule has 104 valence electrons. The second-order valence-electron chi connectivity index (χ2n) is 6.09. The van der Waals surface area contributed by atoms with Crippen LogP contribution in [0.2, 0.25) is 0 Å². The van der Waals surface area contributed by atoms with Gasteiger partial charge in [-0.2, -0.15) is 0 Å². The van der Waals surface area contributed by atoms with Crippen LogP contribution in [0, 0.1) is 5.92 Å². The van der Waals surface area contributed by atoms with Gasteiger partial charge in [-0.15, -0.1) is 0 Å². The average Bonchev–Trinajstić information content (AvgIpc) is 2.74. The standard InChI is InChI=1S/C14H26N2O2/c1-10-4-3-5-11(8-10)18-12-6-7-14(9-12,16-2)13(15)17/h10-12,16H,3-9H2,1-2H3,(H2,15,17). The Morgan fingerprint density at radius 1 is 1.33 bits per heavy atom. The molecule has 18 heavy (non-hydrogen) atoms. The normalized spacial score (nSPS) is 40.9. The summed E-state index contributed by atoms with van der Waals surface area (Å²) in [5, 5.41) is 3.10. The van der Waals surface area contributed by atoms with E-state index in [1.165, 1.54) is 25.7 Å². The van der Waals surface area contributed by atoms with E-state index in [4.69, 9.17) is 10.5 Å². The molecule has 0 aliphatic heterocycles. The van der Waals surface area contributed by atoms with Crippen LogP contribution in [0.1, 0.15) is 51.9 Å². The first-order valence-electron chi connectivity index (χ1n) is 7.20. The SMILES string of the molecule is CNC1(C(N)=O)CCC(OC2CCCC(C)C2)C1. The summed E-state index contributed by atoms with van der Waals surface area (Å²) in [6.07, 6.45) is 7.98. The van der Waals surface area contributed by atoms with Gasteiger partial charge in [0.15, 0.2) is 0 Å². The van der Waals surface area contributed by atoms with Gasteiger partial charge in [-0.05, 0) is 38.6 Å². The Hall–Kier alpha value is -0.610. The first kappa shape index (κ1) is 13.8. The van der Waals surface area contributed by atoms with Crippen molar-refractivity contribution >= 4 is 5.91 Å². The maximum Gasteiger partial charge on any atom is 0.237 e. The zero-order valence-corrected chi connectivity index (χ0v) is 11.6. The maximum atomic E-state index is 11.5. The largest absolute Gasteiger partial charge is 0.375 e. The fourth-order valence-electron chi connectivity index (χ4n) is 3.46. The molecule has 0 bridgehead atoms. The predicted molar refractivity (Wildman–Crippen MR) is 71.1 cm³/mol. The minimum absolute atomic E-state index is 0.195. The highest BCUT2D eigenvalue weighted by atomic mass is 16.5. The Kier molecular flexibility index (Phi) is 4.28. The number of amides is 1. The third kappa shape index (κ3) is 2.86. The summed E-state index contributed by atoms with van der Waals surface area (Å²) in [5.41, 5.74) is 4.97. The van der Waals surface area contributed by atoms with E-state index in [-0.39, 0.29) is 12.0 Å². The summed E-state index contributed by atoms with van der Waals surface area (Å²) < 4.78 is 6.18. The molecule has 0 spiro atoms. The molecule has 4 unspecified atom stereocenters. The molecular weight excluding hydrogens is 228 g/mol. The first-order chi connectivity index (χ1) is 8.55. The molecule has 0 aromatic rings. The smallest absolute Gasteiger partial charge is 0.237 e. The van der Waals surface area contributed by atoms with E-state index in [2.05, 4.69) is 12.2 Å². The highest BCUT2D eigenvalue weighted by molar-refractivity contribution is 5.85. The molecule has 2 aliphatic rings. The van der Waals surface area contributed by atoms with E-state index in [0.717, 1.165) is 25.2 Å². The van der Waals surface area contributed by atoms with Gasteiger partial charge in [0.05, 0.1) is 17.7 Å². The number of hydrogen-bond acceptors (Lipinski definition) is 3. The Morgan fingerprint density at radius 3 is 2.67 bits per heavy atom. The van der Waals surface area contributed by atoms with Gasteiger partial charge in [-0.25, -0.2) is 0 Å². The molecular formula is C14H26N2O2. The van der Waals surface area contributed by atoms with Crippen LogP contribution in [0.25, 0.3) is 0 Å². The predicted octanol–water partition coefficient (Wildman–Crippen LogP) is 1.58. The van der Waals surface area contributed by atoms with Crippen LogP contribution in [0.15, 0.2) is 0 Å². The number of nitrogens with two attached hydrogens (primary N) is 1. The minimum Gasteiger partial charge on any atom is -0.375 e. The van der Waals surface area contributed by atoms with Gasteiger partial charge in [0.25, 0.3) is 0 Å². The second-order valence-corrected chi connectivity index (χ2v) is 6.09. The van der Waals surface area contributed by atoms with E-state index in [9.17, 15) is 4.79 Å². The molecule has 4 nitrogen and oxygen atoms in total. The lowest BCUT2D eigenvalue weighted by Crippen LogP contribution is -2.52. The summed E-state index contributed by atoms with van der Waals surface area (Å²) in [5.74, 6) is 0.531. The number of primary amides is 1. The molecule has 0 aromatic carbocycles. The third-order valence-corrected chi connectivity index (χ3v) is 4.69. The molecule has 2 fully saturated rings. The van der Waals surface area contributed by atoms with Crippen molar-refractivity contribution in [3.05, 3.63) is 0 Å². The summed E-state index contributed by atoms with van der Waals surface area (Å²) in [6, 6.07) is 0. The molecule has 2 aliphatic carbocycles. The summed E-state index contributed by atoms with van der Waals surface area (Å²) in [7, 11) is 1.82. The van der Waals surface area contributed by atoms with Crippen LogP contribution in [-0.2, 0) is 9.53 Å². The highest BCUT2D eigenvalue weighted by Gasteiger charge is 2.44. The summed E-state index contributed by atoms with van der Waals surface area (Å²) in [6.45, 7) is 2.30. The summed E-state index contributed by atoms with van der Waals surface area (Å²) >= 11 is 0. The lowest BCUT2D eigenvalue weighted by molar-refractivity contribution is -0.124. The molecule has 0 aromatic heterocycles. The lowest BCUT2D eigenvalue weighted by Gasteiger charge is -2.30. The van der Waals surface area contributed by atoms with Crippen molar-refractivity contribution in [3.63, 3.8) is 0 Å². The van der Waals surface area contributed by atoms with Gasteiger partial charge in [0, 0.05) is 6.42 Å². The molecule has 4 atom stereocenters. The molecule has 2 saturated carbocycles. The van der Waals surface area contributed by atoms with Crippen molar-refractivity contribution < 1.29 is 9.53 Å². The average molecular weight is 254 g/mol. The molecule has 1 amide bonds. The van der Waals surface area contributed by atoms with Crippen molar-refractivity contribution in [2.75, 3.05) is 7.05 Å². The van der Waals surface area contributed by atoms with E-state index >= 15 is 0 Å². The van der Waals surface area contributed by atoms with Crippen molar-refractivity contribution in [1.82, 2.24) is 5.32 Å². The van der Waals surface area contributed by atoms with Crippen LogP contribution in [0.5, 0.6) is 0 Å². The van der Waals surface area contributed by atoms with E-state index in [1.54, 1.807) is 0 Å². The van der Waals surface area contributed by atoms with Crippen molar-refractivity contribution in [3.8, 4) is 0 Å². The fraction of sp³-hybridized carbons (Fsp3) is 0.929. The van der Waals surface area contributed by atoms with Gasteiger partial charge in [0.2, 0.25) is 5.91 Å². The van der Waals surface area contributed by atoms with Crippen molar-refractivity contribution in [2.45, 2.75) is 69.6 Å². The summed E-state index contributed by atoms with van der Waals surface area (Å²) in [4.78, 5) is 11.5. The monoisotopic (exact) mass is 254 g/mol. The van der Waals surface area contributed by atoms with Gasteiger partial charge >= 0.3 is 0 Å². The lowest BCUT2D eigenvalue weighted by atomic mass is 9.88. The van der Waals surface area contributed by atoms with E-state index < -0.39 is 5.54 Å². The van der Waals surface area contributed by atoms with Gasteiger partial charge in [-0.3, -0.25) is 4.79 Å². The minimum atomic E-state index is -0.537. The highest BCUT2D eigenvalue weighted by Crippen LogP contribution is 2.35. The number of rotatable bonds is 4. The Labute approximate surface area is 110 Å². The molecule has 4 heteroatoms. The molecule has 0 radical (unpaired) electrons.